The van der Waals surface area contributed by atoms with Gasteiger partial charge in [0.1, 0.15) is 6.04 Å². The van der Waals surface area contributed by atoms with Crippen molar-refractivity contribution in [2.24, 2.45) is 0 Å². The van der Waals surface area contributed by atoms with Crippen LogP contribution in [0.1, 0.15) is 35.8 Å². The van der Waals surface area contributed by atoms with Crippen LogP contribution < -0.4 is 0 Å². The highest BCUT2D eigenvalue weighted by Crippen LogP contribution is 2.36. The quantitative estimate of drug-likeness (QED) is 0.785. The van der Waals surface area contributed by atoms with Gasteiger partial charge in [-0.3, -0.25) is 4.79 Å². The number of hydrogen-bond acceptors (Lipinski definition) is 3. The number of carbonyl (C=O) groups excluding carboxylic acids is 1. The van der Waals surface area contributed by atoms with Crippen LogP contribution in [0.15, 0.2) is 6.07 Å². The van der Waals surface area contributed by atoms with E-state index < -0.39 is 35.0 Å². The minimum atomic E-state index is -1.69. The lowest BCUT2D eigenvalue weighted by molar-refractivity contribution is 0.0734. The van der Waals surface area contributed by atoms with Gasteiger partial charge in [-0.15, -0.1) is 0 Å². The molecule has 1 aromatic carbocycles. The highest BCUT2D eigenvalue weighted by molar-refractivity contribution is 6.00. The number of carbonyl (C=O) groups is 1. The molecule has 1 unspecified atom stereocenters. The van der Waals surface area contributed by atoms with Crippen LogP contribution in [0.3, 0.4) is 0 Å². The first-order valence-electron chi connectivity index (χ1n) is 7.06. The molecular formula is C15H16F3N3O. The standard InChI is InChI=1S/C15H16F3N3O/c1-3-20(4-2)5-6-21-11(8-19)9-7-10(16)13(17)14(18)12(9)15(21)22/h7,11H,3-6H2,1-2H3. The number of likely N-dealkylation sites (N-methyl/N-ethyl adjacent to an activating group) is 1. The molecule has 1 aliphatic heterocycles. The van der Waals surface area contributed by atoms with Gasteiger partial charge in [0.05, 0.1) is 11.6 Å². The summed E-state index contributed by atoms with van der Waals surface area (Å²) in [5, 5.41) is 9.24. The fourth-order valence-corrected chi connectivity index (χ4v) is 2.63. The predicted octanol–water partition coefficient (Wildman–Crippen LogP) is 2.47. The number of nitrogens with zero attached hydrogens (tertiary/aromatic N) is 3. The van der Waals surface area contributed by atoms with E-state index in [0.717, 1.165) is 24.1 Å². The van der Waals surface area contributed by atoms with Crippen molar-refractivity contribution in [2.45, 2.75) is 19.9 Å². The molecule has 118 valence electrons. The summed E-state index contributed by atoms with van der Waals surface area (Å²) in [4.78, 5) is 15.5. The lowest BCUT2D eigenvalue weighted by Gasteiger charge is -2.24. The van der Waals surface area contributed by atoms with E-state index >= 15 is 0 Å². The van der Waals surface area contributed by atoms with Gasteiger partial charge in [0.2, 0.25) is 0 Å². The lowest BCUT2D eigenvalue weighted by atomic mass is 10.0. The van der Waals surface area contributed by atoms with Gasteiger partial charge in [-0.05, 0) is 19.2 Å². The molecule has 0 radical (unpaired) electrons. The summed E-state index contributed by atoms with van der Waals surface area (Å²) in [5.41, 5.74) is -0.645. The van der Waals surface area contributed by atoms with Crippen LogP contribution in [0.2, 0.25) is 0 Å². The van der Waals surface area contributed by atoms with Crippen molar-refractivity contribution in [3.05, 3.63) is 34.6 Å². The molecule has 0 bridgehead atoms. The highest BCUT2D eigenvalue weighted by Gasteiger charge is 2.41. The number of hydrogen-bond donors (Lipinski definition) is 0. The Labute approximate surface area is 126 Å². The van der Waals surface area contributed by atoms with Gasteiger partial charge >= 0.3 is 0 Å². The van der Waals surface area contributed by atoms with Gasteiger partial charge in [0, 0.05) is 18.7 Å². The number of fused-ring (bicyclic) bond motifs is 1. The molecule has 4 nitrogen and oxygen atoms in total. The summed E-state index contributed by atoms with van der Waals surface area (Å²) < 4.78 is 40.5. The van der Waals surface area contributed by atoms with Gasteiger partial charge in [-0.25, -0.2) is 13.2 Å². The van der Waals surface area contributed by atoms with Crippen LogP contribution in [0.25, 0.3) is 0 Å². The summed E-state index contributed by atoms with van der Waals surface area (Å²) in [7, 11) is 0. The first-order chi connectivity index (χ1) is 10.5. The highest BCUT2D eigenvalue weighted by atomic mass is 19.2. The molecule has 1 aliphatic rings. The second-order valence-electron chi connectivity index (χ2n) is 5.01. The Morgan fingerprint density at radius 3 is 2.45 bits per heavy atom. The Morgan fingerprint density at radius 1 is 1.27 bits per heavy atom. The van der Waals surface area contributed by atoms with E-state index in [0.29, 0.717) is 6.54 Å². The Hall–Kier alpha value is -2.07. The van der Waals surface area contributed by atoms with Crippen LogP contribution in [0.4, 0.5) is 13.2 Å². The summed E-state index contributed by atoms with van der Waals surface area (Å²) in [6.45, 7) is 6.13. The monoisotopic (exact) mass is 311 g/mol. The number of rotatable bonds is 5. The third kappa shape index (κ3) is 2.55. The summed E-state index contributed by atoms with van der Waals surface area (Å²) in [6, 6.07) is 1.50. The van der Waals surface area contributed by atoms with E-state index in [1.807, 2.05) is 24.8 Å². The summed E-state index contributed by atoms with van der Waals surface area (Å²) in [6.07, 6.45) is 0. The van der Waals surface area contributed by atoms with Crippen LogP contribution >= 0.6 is 0 Å². The number of halogens is 3. The van der Waals surface area contributed by atoms with Crippen LogP contribution in [0.5, 0.6) is 0 Å². The molecule has 0 aromatic heterocycles. The second kappa shape index (κ2) is 6.36. The van der Waals surface area contributed by atoms with Crippen molar-refractivity contribution in [1.29, 1.82) is 5.26 Å². The van der Waals surface area contributed by atoms with E-state index in [4.69, 9.17) is 0 Å². The van der Waals surface area contributed by atoms with Crippen LogP contribution in [0, 0.1) is 28.8 Å². The first kappa shape index (κ1) is 16.3. The Bertz CT molecular complexity index is 638. The minimum Gasteiger partial charge on any atom is -0.317 e. The molecule has 0 fully saturated rings. The molecular weight excluding hydrogens is 295 g/mol. The molecule has 0 aliphatic carbocycles. The average molecular weight is 311 g/mol. The first-order valence-corrected chi connectivity index (χ1v) is 7.06. The van der Waals surface area contributed by atoms with Gasteiger partial charge in [-0.2, -0.15) is 5.26 Å². The fourth-order valence-electron chi connectivity index (χ4n) is 2.63. The molecule has 0 spiro atoms. The summed E-state index contributed by atoms with van der Waals surface area (Å²) >= 11 is 0. The van der Waals surface area contributed by atoms with Crippen LogP contribution in [-0.4, -0.2) is 41.9 Å². The molecule has 0 saturated heterocycles. The third-order valence-electron chi connectivity index (χ3n) is 3.95. The number of benzene rings is 1. The maximum atomic E-state index is 13.8. The maximum absolute atomic E-state index is 13.8. The third-order valence-corrected chi connectivity index (χ3v) is 3.95. The molecule has 2 rings (SSSR count). The van der Waals surface area contributed by atoms with E-state index in [1.54, 1.807) is 0 Å². The van der Waals surface area contributed by atoms with Crippen molar-refractivity contribution < 1.29 is 18.0 Å². The molecule has 0 N–H and O–H groups in total. The topological polar surface area (TPSA) is 47.3 Å². The molecule has 1 amide bonds. The molecule has 1 atom stereocenters. The van der Waals surface area contributed by atoms with Crippen molar-refractivity contribution in [1.82, 2.24) is 9.80 Å². The lowest BCUT2D eigenvalue weighted by Crippen LogP contribution is -2.37. The van der Waals surface area contributed by atoms with Crippen molar-refractivity contribution in [3.63, 3.8) is 0 Å². The Kier molecular flexibility index (Phi) is 4.71. The van der Waals surface area contributed by atoms with Gasteiger partial charge in [-0.1, -0.05) is 13.8 Å². The van der Waals surface area contributed by atoms with Crippen molar-refractivity contribution in [2.75, 3.05) is 26.2 Å². The second-order valence-corrected chi connectivity index (χ2v) is 5.01. The number of nitriles is 1. The Balaban J connectivity index is 2.35. The zero-order valence-corrected chi connectivity index (χ0v) is 12.4. The zero-order chi connectivity index (χ0) is 16.4. The van der Waals surface area contributed by atoms with E-state index in [9.17, 15) is 23.2 Å². The van der Waals surface area contributed by atoms with Gasteiger partial charge < -0.3 is 9.80 Å². The van der Waals surface area contributed by atoms with Crippen molar-refractivity contribution >= 4 is 5.91 Å². The number of amides is 1. The molecule has 0 saturated carbocycles. The smallest absolute Gasteiger partial charge is 0.258 e. The Morgan fingerprint density at radius 2 is 1.91 bits per heavy atom. The van der Waals surface area contributed by atoms with E-state index in [2.05, 4.69) is 0 Å². The zero-order valence-electron chi connectivity index (χ0n) is 12.4. The predicted molar refractivity (Wildman–Crippen MR) is 73.5 cm³/mol. The largest absolute Gasteiger partial charge is 0.317 e. The molecule has 7 heteroatoms. The SMILES string of the molecule is CCN(CC)CCN1C(=O)c2c(cc(F)c(F)c2F)C1C#N. The van der Waals surface area contributed by atoms with Crippen LogP contribution in [-0.2, 0) is 0 Å². The molecule has 22 heavy (non-hydrogen) atoms. The van der Waals surface area contributed by atoms with Gasteiger partial charge in [0.25, 0.3) is 5.91 Å². The fraction of sp³-hybridized carbons (Fsp3) is 0.467. The van der Waals surface area contributed by atoms with E-state index in [-0.39, 0.29) is 12.1 Å². The van der Waals surface area contributed by atoms with Crippen molar-refractivity contribution in [3.8, 4) is 6.07 Å². The van der Waals surface area contributed by atoms with E-state index in [1.165, 1.54) is 0 Å². The average Bonchev–Trinajstić information content (AvgIpc) is 2.77. The van der Waals surface area contributed by atoms with Gasteiger partial charge in [0.15, 0.2) is 17.5 Å². The summed E-state index contributed by atoms with van der Waals surface area (Å²) in [5.74, 6) is -5.38. The molecule has 1 heterocycles. The molecule has 1 aromatic rings. The minimum absolute atomic E-state index is 0.108. The maximum Gasteiger partial charge on any atom is 0.258 e. The normalized spacial score (nSPS) is 17.0.